The number of non-ortho nitro benzene ring substituents is 2. The summed E-state index contributed by atoms with van der Waals surface area (Å²) in [5.41, 5.74) is 1.47. The van der Waals surface area contributed by atoms with E-state index in [0.717, 1.165) is 102 Å². The molecule has 0 amide bonds. The number of nitrogens with zero attached hydrogens (tertiary/aromatic N) is 3. The molecule has 2 aromatic rings. The van der Waals surface area contributed by atoms with Crippen molar-refractivity contribution in [1.82, 2.24) is 5.32 Å². The molecule has 2 atom stereocenters. The van der Waals surface area contributed by atoms with Gasteiger partial charge in [-0.3, -0.25) is 20.2 Å². The van der Waals surface area contributed by atoms with Crippen molar-refractivity contribution in [1.29, 1.82) is 0 Å². The van der Waals surface area contributed by atoms with Crippen molar-refractivity contribution in [3.63, 3.8) is 0 Å². The third-order valence-electron chi connectivity index (χ3n) is 7.66. The summed E-state index contributed by atoms with van der Waals surface area (Å²) in [6.45, 7) is 9.52. The summed E-state index contributed by atoms with van der Waals surface area (Å²) < 4.78 is 28.0. The van der Waals surface area contributed by atoms with Gasteiger partial charge in [-0.1, -0.05) is 13.8 Å². The molecule has 5 aliphatic rings. The first kappa shape index (κ1) is 46.5. The van der Waals surface area contributed by atoms with Crippen LogP contribution >= 0.6 is 0 Å². The summed E-state index contributed by atoms with van der Waals surface area (Å²) in [7, 11) is 0. The van der Waals surface area contributed by atoms with Gasteiger partial charge in [-0.05, 0) is 50.1 Å². The number of ether oxygens (including phenoxy) is 3. The van der Waals surface area contributed by atoms with Crippen LogP contribution in [0.2, 0.25) is 0 Å². The average Bonchev–Trinajstić information content (AvgIpc) is 3.81. The maximum atomic E-state index is 12.1. The van der Waals surface area contributed by atoms with E-state index in [1.807, 2.05) is 18.7 Å². The van der Waals surface area contributed by atoms with E-state index in [1.54, 1.807) is 12.1 Å². The number of hydrogen-bond acceptors (Lipinski definition) is 12. The van der Waals surface area contributed by atoms with E-state index in [2.05, 4.69) is 15.1 Å². The molecule has 2 N–H and O–H groups in total. The predicted octanol–water partition coefficient (Wildman–Crippen LogP) is -1.02. The molecular weight excluding hydrogens is 674 g/mol. The molecule has 2 aromatic carbocycles. The molecule has 14 nitrogen and oxygen atoms in total. The monoisotopic (exact) mass is 714 g/mol. The maximum Gasteiger partial charge on any atom is 1.00 e. The molecule has 17 heteroatoms. The fourth-order valence-electron chi connectivity index (χ4n) is 4.99. The van der Waals surface area contributed by atoms with Gasteiger partial charge in [0.2, 0.25) is 0 Å². The van der Waals surface area contributed by atoms with Gasteiger partial charge in [0.1, 0.15) is 5.82 Å². The quantitative estimate of drug-likeness (QED) is 0.130. The third-order valence-corrected chi connectivity index (χ3v) is 7.66. The smallest absolute Gasteiger partial charge is 0.552 e. The SMILES string of the molecule is C.C1C[C@]2(CCO2)CN1.O=[C-]OO.O=[N+]([O-])c1ccc(F)cc1.O=[N+]([O-])c1ccc(N2CC[C@@]3(CCO3)C2)cc1.[CH-]1CCCO1.[K+].[K+]. The fraction of sp³-hybridized carbons (Fsp3) is 0.533. The maximum absolute atomic E-state index is 12.1. The molecule has 0 radical (unpaired) electrons. The second-order valence-electron chi connectivity index (χ2n) is 10.5. The third kappa shape index (κ3) is 15.9. The number of hydrogen-bond donors (Lipinski definition) is 2. The minimum atomic E-state index is -0.570. The van der Waals surface area contributed by atoms with Crippen LogP contribution in [-0.2, 0) is 23.9 Å². The molecule has 0 saturated carbocycles. The molecule has 7 rings (SSSR count). The van der Waals surface area contributed by atoms with Crippen molar-refractivity contribution >= 4 is 23.5 Å². The standard InChI is InChI=1S/C12H14N2O3.C6H4FNO2.C6H11NO.C4H7O.CHO3.CH4.2K/c15-14(16)11-3-1-10(2-4-11)13-7-5-12(9-13)6-8-17-12;7-5-1-3-6(4-2-5)8(9)10;1-3-7-5-6(1)2-4-8-6;1-2-4-5-3-1;2-1-4-3;;;/h1-4H,5-9H2;1-4H;7H,1-5H2;3H,1-2,4H2;3H;1H4;;/q;;;2*-1;;2*+1/t12-;;6-;;;;;/m1.0...../s1. The molecule has 5 saturated heterocycles. The van der Waals surface area contributed by atoms with E-state index in [0.29, 0.717) is 5.60 Å². The zero-order chi connectivity index (χ0) is 31.8. The average molecular weight is 715 g/mol. The summed E-state index contributed by atoms with van der Waals surface area (Å²) >= 11 is 0. The van der Waals surface area contributed by atoms with Gasteiger partial charge in [0.15, 0.2) is 0 Å². The summed E-state index contributed by atoms with van der Waals surface area (Å²) in [6, 6.07) is 11.1. The van der Waals surface area contributed by atoms with E-state index in [4.69, 9.17) is 24.3 Å². The van der Waals surface area contributed by atoms with Crippen LogP contribution in [0.25, 0.3) is 0 Å². The Bertz CT molecular complexity index is 1170. The Morgan fingerprint density at radius 1 is 0.915 bits per heavy atom. The zero-order valence-corrected chi connectivity index (χ0v) is 32.5. The molecule has 2 spiro atoms. The summed E-state index contributed by atoms with van der Waals surface area (Å²) in [6.07, 6.45) is 7.08. The van der Waals surface area contributed by atoms with Crippen molar-refractivity contribution in [2.45, 2.75) is 57.2 Å². The predicted molar refractivity (Wildman–Crippen MR) is 163 cm³/mol. The molecule has 0 bridgehead atoms. The van der Waals surface area contributed by atoms with Crippen LogP contribution in [0.15, 0.2) is 48.5 Å². The van der Waals surface area contributed by atoms with Gasteiger partial charge in [0.25, 0.3) is 11.4 Å². The Hall–Kier alpha value is -0.487. The molecule has 0 unspecified atom stereocenters. The number of benzene rings is 2. The molecular formula is C30H41FK2N4O10. The largest absolute Gasteiger partial charge is 1.00 e. The van der Waals surface area contributed by atoms with E-state index in [9.17, 15) is 24.6 Å². The van der Waals surface area contributed by atoms with E-state index >= 15 is 0 Å². The molecule has 0 aromatic heterocycles. The van der Waals surface area contributed by atoms with E-state index < -0.39 is 10.7 Å². The number of rotatable bonds is 4. The van der Waals surface area contributed by atoms with Crippen LogP contribution in [-0.4, -0.2) is 78.8 Å². The Morgan fingerprint density at radius 2 is 1.45 bits per heavy atom. The minimum absolute atomic E-state index is 0. The van der Waals surface area contributed by atoms with Gasteiger partial charge in [0.05, 0.1) is 34.3 Å². The van der Waals surface area contributed by atoms with Crippen molar-refractivity contribution in [3.8, 4) is 0 Å². The number of nitro benzene ring substituents is 2. The number of nitro groups is 2. The second-order valence-corrected chi connectivity index (χ2v) is 10.5. The number of nitrogens with one attached hydrogen (secondary N) is 1. The number of anilines is 1. The van der Waals surface area contributed by atoms with Crippen LogP contribution in [0.5, 0.6) is 0 Å². The van der Waals surface area contributed by atoms with Gasteiger partial charge in [-0.15, -0.1) is 0 Å². The van der Waals surface area contributed by atoms with Crippen LogP contribution in [0, 0.1) is 32.7 Å². The van der Waals surface area contributed by atoms with Crippen molar-refractivity contribution in [2.24, 2.45) is 0 Å². The first-order valence-electron chi connectivity index (χ1n) is 14.2. The summed E-state index contributed by atoms with van der Waals surface area (Å²) in [5, 5.41) is 30.8. The van der Waals surface area contributed by atoms with Crippen molar-refractivity contribution in [3.05, 3.63) is 81.2 Å². The Labute approximate surface area is 359 Å². The Kier molecular flexibility index (Phi) is 24.4. The zero-order valence-electron chi connectivity index (χ0n) is 26.2. The number of carbonyl (C=O) groups excluding carboxylic acids is 1. The molecule has 47 heavy (non-hydrogen) atoms. The summed E-state index contributed by atoms with van der Waals surface area (Å²) in [4.78, 5) is 33.2. The molecule has 0 aliphatic carbocycles. The molecule has 250 valence electrons. The van der Waals surface area contributed by atoms with Gasteiger partial charge in [-0.25, -0.2) is 16.3 Å². The second kappa shape index (κ2) is 24.6. The van der Waals surface area contributed by atoms with Crippen molar-refractivity contribution < 1.29 is 146 Å². The Balaban J connectivity index is 0.000000609. The normalized spacial score (nSPS) is 22.5. The van der Waals surface area contributed by atoms with Crippen LogP contribution < -0.4 is 113 Å². The fourth-order valence-corrected chi connectivity index (χ4v) is 4.99. The summed E-state index contributed by atoms with van der Waals surface area (Å²) in [5.74, 6) is -0.467. The van der Waals surface area contributed by atoms with E-state index in [1.165, 1.54) is 19.3 Å². The first-order chi connectivity index (χ1) is 21.2. The first-order valence-corrected chi connectivity index (χ1v) is 14.2. The molecule has 5 heterocycles. The Morgan fingerprint density at radius 3 is 1.74 bits per heavy atom. The van der Waals surface area contributed by atoms with Crippen LogP contribution in [0.3, 0.4) is 0 Å². The van der Waals surface area contributed by atoms with Gasteiger partial charge >= 0.3 is 103 Å². The van der Waals surface area contributed by atoms with Crippen molar-refractivity contribution in [2.75, 3.05) is 50.9 Å². The molecule has 5 aliphatic heterocycles. The molecule has 5 fully saturated rings. The van der Waals surface area contributed by atoms with Gasteiger partial charge in [0, 0.05) is 69.0 Å². The minimum Gasteiger partial charge on any atom is -0.552 e. The van der Waals surface area contributed by atoms with Gasteiger partial charge in [-0.2, -0.15) is 6.42 Å². The topological polar surface area (TPSA) is 176 Å². The number of halogens is 1. The van der Waals surface area contributed by atoms with E-state index in [-0.39, 0.29) is 132 Å². The van der Waals surface area contributed by atoms with Crippen LogP contribution in [0.1, 0.15) is 46.0 Å². The van der Waals surface area contributed by atoms with Crippen LogP contribution in [0.4, 0.5) is 21.5 Å². The van der Waals surface area contributed by atoms with Gasteiger partial charge < -0.3 is 34.1 Å².